The maximum Gasteiger partial charge on any atom is 0.0322 e. The zero-order valence-electron chi connectivity index (χ0n) is 10.4. The lowest BCUT2D eigenvalue weighted by atomic mass is 9.77. The van der Waals surface area contributed by atoms with Crippen LogP contribution in [-0.2, 0) is 6.42 Å². The minimum atomic E-state index is 0.594. The molecule has 0 radical (unpaired) electrons. The van der Waals surface area contributed by atoms with Gasteiger partial charge in [0.05, 0.1) is 0 Å². The van der Waals surface area contributed by atoms with Crippen molar-refractivity contribution < 1.29 is 0 Å². The zero-order valence-corrected chi connectivity index (χ0v) is 10.4. The topological polar surface area (TPSA) is 12.0 Å². The summed E-state index contributed by atoms with van der Waals surface area (Å²) in [5.74, 6) is 0.874. The predicted molar refractivity (Wildman–Crippen MR) is 72.0 cm³/mol. The van der Waals surface area contributed by atoms with Crippen LogP contribution in [0.4, 0.5) is 0 Å². The molecule has 2 aliphatic rings. The lowest BCUT2D eigenvalue weighted by Crippen LogP contribution is -2.42. The van der Waals surface area contributed by atoms with Crippen molar-refractivity contribution in [1.29, 1.82) is 0 Å². The molecule has 1 aliphatic heterocycles. The summed E-state index contributed by atoms with van der Waals surface area (Å²) in [7, 11) is 0. The molecule has 1 saturated heterocycles. The van der Waals surface area contributed by atoms with Crippen LogP contribution in [0.15, 0.2) is 42.0 Å². The van der Waals surface area contributed by atoms with E-state index in [0.29, 0.717) is 6.04 Å². The smallest absolute Gasteiger partial charge is 0.0322 e. The van der Waals surface area contributed by atoms with Crippen LogP contribution in [0.5, 0.6) is 0 Å². The summed E-state index contributed by atoms with van der Waals surface area (Å²) >= 11 is 0. The molecule has 1 heterocycles. The van der Waals surface area contributed by atoms with E-state index in [9.17, 15) is 0 Å². The van der Waals surface area contributed by atoms with Crippen molar-refractivity contribution in [1.82, 2.24) is 5.32 Å². The summed E-state index contributed by atoms with van der Waals surface area (Å²) in [5.41, 5.74) is 3.16. The van der Waals surface area contributed by atoms with E-state index in [0.717, 1.165) is 12.3 Å². The van der Waals surface area contributed by atoms with Crippen molar-refractivity contribution >= 4 is 0 Å². The predicted octanol–water partition coefficient (Wildman–Crippen LogP) is 3.32. The van der Waals surface area contributed by atoms with Crippen molar-refractivity contribution in [2.24, 2.45) is 5.92 Å². The maximum absolute atomic E-state index is 3.70. The standard InChI is InChI=1S/C16H21N/c1-2-6-13(7-3-1)12-16-15-9-5-4-8-14(15)10-11-17-16/h1-3,6-7,9,14,16-17H,4-5,8,10-12H2. The molecule has 0 spiro atoms. The van der Waals surface area contributed by atoms with Gasteiger partial charge in [-0.2, -0.15) is 0 Å². The van der Waals surface area contributed by atoms with Crippen molar-refractivity contribution in [3.05, 3.63) is 47.5 Å². The second-order valence-electron chi connectivity index (χ2n) is 5.32. The van der Waals surface area contributed by atoms with Gasteiger partial charge in [0, 0.05) is 6.04 Å². The van der Waals surface area contributed by atoms with E-state index >= 15 is 0 Å². The molecule has 1 aromatic carbocycles. The number of piperidine rings is 1. The Morgan fingerprint density at radius 1 is 1.12 bits per heavy atom. The van der Waals surface area contributed by atoms with Gasteiger partial charge < -0.3 is 5.32 Å². The molecule has 3 rings (SSSR count). The molecule has 2 atom stereocenters. The van der Waals surface area contributed by atoms with Crippen LogP contribution in [0, 0.1) is 5.92 Å². The van der Waals surface area contributed by atoms with Gasteiger partial charge in [0.2, 0.25) is 0 Å². The Kier molecular flexibility index (Phi) is 3.28. The molecule has 17 heavy (non-hydrogen) atoms. The van der Waals surface area contributed by atoms with Crippen LogP contribution in [0.2, 0.25) is 0 Å². The normalized spacial score (nSPS) is 28.4. The Morgan fingerprint density at radius 3 is 2.88 bits per heavy atom. The molecule has 1 N–H and O–H groups in total. The number of nitrogens with one attached hydrogen (secondary N) is 1. The Labute approximate surface area is 104 Å². The molecule has 1 nitrogen and oxygen atoms in total. The minimum Gasteiger partial charge on any atom is -0.310 e. The quantitative estimate of drug-likeness (QED) is 0.764. The fourth-order valence-electron chi connectivity index (χ4n) is 3.29. The van der Waals surface area contributed by atoms with E-state index in [4.69, 9.17) is 0 Å². The zero-order chi connectivity index (χ0) is 11.5. The summed E-state index contributed by atoms with van der Waals surface area (Å²) in [6.45, 7) is 1.19. The van der Waals surface area contributed by atoms with Gasteiger partial charge in [-0.3, -0.25) is 0 Å². The molecule has 0 amide bonds. The molecular weight excluding hydrogens is 206 g/mol. The number of rotatable bonds is 2. The van der Waals surface area contributed by atoms with Crippen molar-refractivity contribution in [2.45, 2.75) is 38.1 Å². The van der Waals surface area contributed by atoms with E-state index in [2.05, 4.69) is 41.7 Å². The number of fused-ring (bicyclic) bond motifs is 1. The summed E-state index contributed by atoms with van der Waals surface area (Å²) in [6, 6.07) is 11.5. The largest absolute Gasteiger partial charge is 0.310 e. The number of allylic oxidation sites excluding steroid dienone is 1. The van der Waals surface area contributed by atoms with Crippen LogP contribution in [0.3, 0.4) is 0 Å². The van der Waals surface area contributed by atoms with Gasteiger partial charge in [0.25, 0.3) is 0 Å². The fourth-order valence-corrected chi connectivity index (χ4v) is 3.29. The second kappa shape index (κ2) is 5.05. The minimum absolute atomic E-state index is 0.594. The van der Waals surface area contributed by atoms with Crippen LogP contribution in [-0.4, -0.2) is 12.6 Å². The van der Waals surface area contributed by atoms with Gasteiger partial charge in [0.15, 0.2) is 0 Å². The van der Waals surface area contributed by atoms with Crippen molar-refractivity contribution in [3.8, 4) is 0 Å². The summed E-state index contributed by atoms with van der Waals surface area (Å²) in [6.07, 6.45) is 9.11. The van der Waals surface area contributed by atoms with E-state index < -0.39 is 0 Å². The maximum atomic E-state index is 3.70. The Hall–Kier alpha value is -1.08. The lowest BCUT2D eigenvalue weighted by Gasteiger charge is -2.36. The third-order valence-electron chi connectivity index (χ3n) is 4.18. The van der Waals surface area contributed by atoms with Crippen molar-refractivity contribution in [3.63, 3.8) is 0 Å². The molecule has 1 heteroatoms. The molecule has 1 fully saturated rings. The van der Waals surface area contributed by atoms with E-state index in [1.807, 2.05) is 0 Å². The Balaban J connectivity index is 1.76. The molecule has 0 aromatic heterocycles. The van der Waals surface area contributed by atoms with Gasteiger partial charge >= 0.3 is 0 Å². The van der Waals surface area contributed by atoms with Gasteiger partial charge in [0.1, 0.15) is 0 Å². The van der Waals surface area contributed by atoms with E-state index in [1.165, 1.54) is 37.8 Å². The van der Waals surface area contributed by atoms with E-state index in [-0.39, 0.29) is 0 Å². The van der Waals surface area contributed by atoms with Crippen LogP contribution in [0.1, 0.15) is 31.2 Å². The van der Waals surface area contributed by atoms with Crippen LogP contribution < -0.4 is 5.32 Å². The highest BCUT2D eigenvalue weighted by Gasteiger charge is 2.28. The van der Waals surface area contributed by atoms with Crippen molar-refractivity contribution in [2.75, 3.05) is 6.54 Å². The molecule has 1 aliphatic carbocycles. The van der Waals surface area contributed by atoms with Crippen LogP contribution in [0.25, 0.3) is 0 Å². The number of hydrogen-bond acceptors (Lipinski definition) is 1. The summed E-state index contributed by atoms with van der Waals surface area (Å²) < 4.78 is 0. The SMILES string of the molecule is C1=C2C(CCC1)CCNC2Cc1ccccc1. The first-order chi connectivity index (χ1) is 8.43. The average Bonchev–Trinajstić information content (AvgIpc) is 2.40. The number of hydrogen-bond donors (Lipinski definition) is 1. The van der Waals surface area contributed by atoms with Gasteiger partial charge in [-0.15, -0.1) is 0 Å². The molecule has 0 bridgehead atoms. The molecule has 0 saturated carbocycles. The monoisotopic (exact) mass is 227 g/mol. The lowest BCUT2D eigenvalue weighted by molar-refractivity contribution is 0.358. The molecule has 2 unspecified atom stereocenters. The Morgan fingerprint density at radius 2 is 2.00 bits per heavy atom. The van der Waals surface area contributed by atoms with Crippen LogP contribution >= 0.6 is 0 Å². The van der Waals surface area contributed by atoms with Gasteiger partial charge in [-0.05, 0) is 50.1 Å². The summed E-state index contributed by atoms with van der Waals surface area (Å²) in [5, 5.41) is 3.70. The van der Waals surface area contributed by atoms with Gasteiger partial charge in [-0.1, -0.05) is 42.0 Å². The molecular formula is C16H21N. The highest BCUT2D eigenvalue weighted by molar-refractivity contribution is 5.25. The first-order valence-electron chi connectivity index (χ1n) is 6.91. The first kappa shape index (κ1) is 11.0. The average molecular weight is 227 g/mol. The van der Waals surface area contributed by atoms with E-state index in [1.54, 1.807) is 5.57 Å². The first-order valence-corrected chi connectivity index (χ1v) is 6.91. The molecule has 90 valence electrons. The highest BCUT2D eigenvalue weighted by atomic mass is 14.9. The fraction of sp³-hybridized carbons (Fsp3) is 0.500. The second-order valence-corrected chi connectivity index (χ2v) is 5.32. The van der Waals surface area contributed by atoms with Gasteiger partial charge in [-0.25, -0.2) is 0 Å². The molecule has 1 aromatic rings. The third-order valence-corrected chi connectivity index (χ3v) is 4.18. The number of benzene rings is 1. The summed E-state index contributed by atoms with van der Waals surface area (Å²) in [4.78, 5) is 0. The third kappa shape index (κ3) is 2.44. The highest BCUT2D eigenvalue weighted by Crippen LogP contribution is 2.33. The Bertz CT molecular complexity index is 393.